The van der Waals surface area contributed by atoms with Crippen LogP contribution in [-0.4, -0.2) is 15.2 Å². The van der Waals surface area contributed by atoms with Crippen LogP contribution in [0, 0.1) is 0 Å². The SMILES string of the molecule is CC(Cc1nnc(SCc2csc(Cl)n2)o1)c1ccccc1. The van der Waals surface area contributed by atoms with Crippen LogP contribution in [0.3, 0.4) is 0 Å². The van der Waals surface area contributed by atoms with Crippen molar-refractivity contribution < 1.29 is 4.42 Å². The highest BCUT2D eigenvalue weighted by Gasteiger charge is 2.13. The second-order valence-electron chi connectivity index (χ2n) is 4.86. The summed E-state index contributed by atoms with van der Waals surface area (Å²) in [4.78, 5) is 4.19. The smallest absolute Gasteiger partial charge is 0.276 e. The summed E-state index contributed by atoms with van der Waals surface area (Å²) in [7, 11) is 0. The first-order valence-corrected chi connectivity index (χ1v) is 9.05. The number of rotatable bonds is 6. The lowest BCUT2D eigenvalue weighted by molar-refractivity contribution is 0.404. The number of hydrogen-bond donors (Lipinski definition) is 0. The number of halogens is 1. The van der Waals surface area contributed by atoms with E-state index in [1.54, 1.807) is 0 Å². The summed E-state index contributed by atoms with van der Waals surface area (Å²) in [5.41, 5.74) is 2.20. The minimum atomic E-state index is 0.344. The first-order chi connectivity index (χ1) is 10.7. The molecule has 0 spiro atoms. The van der Waals surface area contributed by atoms with E-state index in [-0.39, 0.29) is 0 Å². The van der Waals surface area contributed by atoms with Gasteiger partial charge < -0.3 is 4.42 Å². The molecule has 114 valence electrons. The highest BCUT2D eigenvalue weighted by molar-refractivity contribution is 7.98. The summed E-state index contributed by atoms with van der Waals surface area (Å²) in [5.74, 6) is 1.69. The van der Waals surface area contributed by atoms with Gasteiger partial charge in [0.25, 0.3) is 5.22 Å². The average Bonchev–Trinajstić information content (AvgIpc) is 3.15. The van der Waals surface area contributed by atoms with E-state index in [2.05, 4.69) is 34.2 Å². The van der Waals surface area contributed by atoms with Crippen LogP contribution >= 0.6 is 34.7 Å². The Labute approximate surface area is 141 Å². The Kier molecular flexibility index (Phi) is 5.12. The number of thioether (sulfide) groups is 1. The van der Waals surface area contributed by atoms with Crippen LogP contribution in [0.25, 0.3) is 0 Å². The molecule has 7 heteroatoms. The van der Waals surface area contributed by atoms with Gasteiger partial charge in [-0.25, -0.2) is 4.98 Å². The van der Waals surface area contributed by atoms with Crippen molar-refractivity contribution in [2.45, 2.75) is 30.2 Å². The normalized spacial score (nSPS) is 12.5. The Morgan fingerprint density at radius 2 is 2.09 bits per heavy atom. The van der Waals surface area contributed by atoms with Crippen molar-refractivity contribution in [1.82, 2.24) is 15.2 Å². The molecular weight excluding hydrogens is 338 g/mol. The molecule has 1 atom stereocenters. The van der Waals surface area contributed by atoms with Crippen molar-refractivity contribution >= 4 is 34.7 Å². The molecule has 0 aliphatic rings. The van der Waals surface area contributed by atoms with E-state index in [9.17, 15) is 0 Å². The van der Waals surface area contributed by atoms with Gasteiger partial charge in [-0.1, -0.05) is 60.6 Å². The molecule has 2 aromatic heterocycles. The molecule has 1 aromatic carbocycles. The Balaban J connectivity index is 1.57. The first kappa shape index (κ1) is 15.5. The summed E-state index contributed by atoms with van der Waals surface area (Å²) in [6, 6.07) is 10.3. The summed E-state index contributed by atoms with van der Waals surface area (Å²) in [5, 5.41) is 10.7. The second-order valence-corrected chi connectivity index (χ2v) is 7.22. The molecule has 0 saturated carbocycles. The number of nitrogens with zero attached hydrogens (tertiary/aromatic N) is 3. The number of thiazole rings is 1. The highest BCUT2D eigenvalue weighted by atomic mass is 35.5. The topological polar surface area (TPSA) is 51.8 Å². The van der Waals surface area contributed by atoms with Gasteiger partial charge in [0.2, 0.25) is 5.89 Å². The number of hydrogen-bond acceptors (Lipinski definition) is 6. The zero-order valence-electron chi connectivity index (χ0n) is 11.9. The lowest BCUT2D eigenvalue weighted by atomic mass is 9.98. The summed E-state index contributed by atoms with van der Waals surface area (Å²) in [6.07, 6.45) is 0.736. The molecule has 1 unspecified atom stereocenters. The zero-order chi connectivity index (χ0) is 15.4. The zero-order valence-corrected chi connectivity index (χ0v) is 14.3. The first-order valence-electron chi connectivity index (χ1n) is 6.81. The van der Waals surface area contributed by atoms with Crippen LogP contribution in [0.4, 0.5) is 0 Å². The average molecular weight is 352 g/mol. The van der Waals surface area contributed by atoms with Crippen molar-refractivity contribution in [3.63, 3.8) is 0 Å². The van der Waals surface area contributed by atoms with Crippen LogP contribution in [0.1, 0.15) is 30.0 Å². The maximum Gasteiger partial charge on any atom is 0.276 e. The maximum atomic E-state index is 5.81. The van der Waals surface area contributed by atoms with Gasteiger partial charge in [-0.05, 0) is 11.5 Å². The van der Waals surface area contributed by atoms with E-state index < -0.39 is 0 Å². The molecule has 0 aliphatic heterocycles. The van der Waals surface area contributed by atoms with Crippen LogP contribution in [0.15, 0.2) is 45.4 Å². The lowest BCUT2D eigenvalue weighted by Crippen LogP contribution is -1.98. The van der Waals surface area contributed by atoms with E-state index in [1.165, 1.54) is 28.7 Å². The largest absolute Gasteiger partial charge is 0.416 e. The van der Waals surface area contributed by atoms with Crippen molar-refractivity contribution in [1.29, 1.82) is 0 Å². The van der Waals surface area contributed by atoms with Crippen molar-refractivity contribution in [3.8, 4) is 0 Å². The van der Waals surface area contributed by atoms with E-state index in [1.807, 2.05) is 23.6 Å². The summed E-state index contributed by atoms with van der Waals surface area (Å²) < 4.78 is 6.24. The monoisotopic (exact) mass is 351 g/mol. The van der Waals surface area contributed by atoms with Crippen LogP contribution in [0.2, 0.25) is 4.47 Å². The third-order valence-corrected chi connectivity index (χ3v) is 5.04. The third kappa shape index (κ3) is 4.09. The molecular formula is C15H14ClN3OS2. The third-order valence-electron chi connectivity index (χ3n) is 3.16. The quantitative estimate of drug-likeness (QED) is 0.596. The Morgan fingerprint density at radius 1 is 1.27 bits per heavy atom. The standard InChI is InChI=1S/C15H14ClN3OS2/c1-10(11-5-3-2-4-6-11)7-13-18-19-15(20-13)22-9-12-8-21-14(16)17-12/h2-6,8,10H,7,9H2,1H3. The Bertz CT molecular complexity index is 729. The predicted octanol–water partition coefficient (Wildman–Crippen LogP) is 4.82. The molecule has 3 aromatic rings. The van der Waals surface area contributed by atoms with E-state index >= 15 is 0 Å². The molecule has 0 bridgehead atoms. The predicted molar refractivity (Wildman–Crippen MR) is 89.5 cm³/mol. The van der Waals surface area contributed by atoms with Gasteiger partial charge in [0, 0.05) is 17.6 Å². The molecule has 4 nitrogen and oxygen atoms in total. The fourth-order valence-electron chi connectivity index (χ4n) is 2.02. The fourth-order valence-corrected chi connectivity index (χ4v) is 3.58. The Morgan fingerprint density at radius 3 is 2.82 bits per heavy atom. The van der Waals surface area contributed by atoms with Crippen LogP contribution in [-0.2, 0) is 12.2 Å². The molecule has 0 radical (unpaired) electrons. The number of aromatic nitrogens is 3. The minimum absolute atomic E-state index is 0.344. The number of benzene rings is 1. The van der Waals surface area contributed by atoms with Gasteiger partial charge in [-0.3, -0.25) is 0 Å². The molecule has 0 amide bonds. The fraction of sp³-hybridized carbons (Fsp3) is 0.267. The van der Waals surface area contributed by atoms with Crippen LogP contribution in [0.5, 0.6) is 0 Å². The second kappa shape index (κ2) is 7.26. The van der Waals surface area contributed by atoms with Crippen molar-refractivity contribution in [3.05, 3.63) is 57.3 Å². The Hall–Kier alpha value is -1.37. The van der Waals surface area contributed by atoms with Crippen LogP contribution < -0.4 is 0 Å². The van der Waals surface area contributed by atoms with E-state index in [0.29, 0.717) is 27.3 Å². The van der Waals surface area contributed by atoms with Gasteiger partial charge >= 0.3 is 0 Å². The van der Waals surface area contributed by atoms with Crippen molar-refractivity contribution in [2.24, 2.45) is 0 Å². The van der Waals surface area contributed by atoms with Gasteiger partial charge in [-0.2, -0.15) is 0 Å². The molecule has 22 heavy (non-hydrogen) atoms. The maximum absolute atomic E-state index is 5.81. The molecule has 0 saturated heterocycles. The van der Waals surface area contributed by atoms with E-state index in [4.69, 9.17) is 16.0 Å². The highest BCUT2D eigenvalue weighted by Crippen LogP contribution is 2.25. The van der Waals surface area contributed by atoms with Gasteiger partial charge in [0.05, 0.1) is 5.69 Å². The van der Waals surface area contributed by atoms with Gasteiger partial charge in [0.1, 0.15) is 0 Å². The molecule has 2 heterocycles. The molecule has 0 N–H and O–H groups in total. The molecule has 0 fully saturated rings. The summed E-state index contributed by atoms with van der Waals surface area (Å²) in [6.45, 7) is 2.16. The summed E-state index contributed by atoms with van der Waals surface area (Å²) >= 11 is 8.71. The minimum Gasteiger partial charge on any atom is -0.416 e. The molecule has 0 aliphatic carbocycles. The van der Waals surface area contributed by atoms with E-state index in [0.717, 1.165) is 12.1 Å². The lowest BCUT2D eigenvalue weighted by Gasteiger charge is -2.08. The molecule has 3 rings (SSSR count). The van der Waals surface area contributed by atoms with Crippen molar-refractivity contribution in [2.75, 3.05) is 0 Å². The van der Waals surface area contributed by atoms with Gasteiger partial charge in [0.15, 0.2) is 4.47 Å². The van der Waals surface area contributed by atoms with Gasteiger partial charge in [-0.15, -0.1) is 21.5 Å².